The molecule has 0 spiro atoms. The van der Waals surface area contributed by atoms with Gasteiger partial charge >= 0.3 is 0 Å². The zero-order chi connectivity index (χ0) is 15.7. The Balaban J connectivity index is 0.00000144. The number of nitrogens with zero attached hydrogens (tertiary/aromatic N) is 4. The van der Waals surface area contributed by atoms with Gasteiger partial charge in [-0.15, -0.1) is 29.9 Å². The number of anilines is 2. The third kappa shape index (κ3) is 3.94. The lowest BCUT2D eigenvalue weighted by molar-refractivity contribution is 0.397. The lowest BCUT2D eigenvalue weighted by atomic mass is 10.3. The molecule has 0 bridgehead atoms. The van der Waals surface area contributed by atoms with Crippen LogP contribution < -0.4 is 20.7 Å². The van der Waals surface area contributed by atoms with Crippen molar-refractivity contribution in [3.05, 3.63) is 11.1 Å². The fourth-order valence-electron chi connectivity index (χ4n) is 2.56. The van der Waals surface area contributed by atoms with Crippen molar-refractivity contribution in [3.8, 4) is 17.3 Å². The highest BCUT2D eigenvalue weighted by Gasteiger charge is 2.24. The van der Waals surface area contributed by atoms with Gasteiger partial charge in [0.25, 0.3) is 5.88 Å². The third-order valence-corrected chi connectivity index (χ3v) is 4.13. The van der Waals surface area contributed by atoms with Crippen molar-refractivity contribution in [2.24, 2.45) is 0 Å². The van der Waals surface area contributed by atoms with Gasteiger partial charge in [-0.05, 0) is 13.5 Å². The summed E-state index contributed by atoms with van der Waals surface area (Å²) in [7, 11) is 3.47. The van der Waals surface area contributed by atoms with Crippen molar-refractivity contribution in [3.63, 3.8) is 0 Å². The van der Waals surface area contributed by atoms with E-state index in [2.05, 4.69) is 30.4 Å². The van der Waals surface area contributed by atoms with Gasteiger partial charge in [0, 0.05) is 25.2 Å². The maximum atomic E-state index is 6.23. The minimum absolute atomic E-state index is 0. The van der Waals surface area contributed by atoms with Crippen molar-refractivity contribution in [1.29, 1.82) is 0 Å². The fourth-order valence-corrected chi connectivity index (χ4v) is 2.82. The average Bonchev–Trinajstić information content (AvgIpc) is 3.12. The number of ether oxygens (including phenoxy) is 1. The van der Waals surface area contributed by atoms with Crippen LogP contribution >= 0.6 is 36.4 Å². The largest absolute Gasteiger partial charge is 0.479 e. The van der Waals surface area contributed by atoms with E-state index in [4.69, 9.17) is 22.1 Å². The molecule has 24 heavy (non-hydrogen) atoms. The summed E-state index contributed by atoms with van der Waals surface area (Å²) in [6.07, 6.45) is 1.06. The second-order valence-electron chi connectivity index (χ2n) is 5.11. The van der Waals surface area contributed by atoms with Gasteiger partial charge in [-0.3, -0.25) is 5.10 Å². The third-order valence-electron chi connectivity index (χ3n) is 3.78. The van der Waals surface area contributed by atoms with Crippen LogP contribution in [0.4, 0.5) is 11.8 Å². The van der Waals surface area contributed by atoms with Crippen molar-refractivity contribution in [2.75, 3.05) is 37.9 Å². The molecule has 8 nitrogen and oxygen atoms in total. The summed E-state index contributed by atoms with van der Waals surface area (Å²) in [5, 5.41) is 10.5. The van der Waals surface area contributed by atoms with Crippen LogP contribution in [-0.2, 0) is 0 Å². The Morgan fingerprint density at radius 3 is 2.75 bits per heavy atom. The number of likely N-dealkylation sites (N-methyl/N-ethyl adjacent to an activating group) is 1. The number of nitrogen functional groups attached to an aromatic ring is 1. The van der Waals surface area contributed by atoms with E-state index in [1.165, 1.54) is 7.11 Å². The van der Waals surface area contributed by atoms with E-state index in [0.29, 0.717) is 28.3 Å². The topological polar surface area (TPSA) is 105 Å². The number of aromatic amines is 1. The maximum absolute atomic E-state index is 6.23. The molecule has 1 atom stereocenters. The minimum Gasteiger partial charge on any atom is -0.479 e. The molecule has 11 heteroatoms. The van der Waals surface area contributed by atoms with E-state index in [1.54, 1.807) is 0 Å². The molecule has 2 aromatic rings. The van der Waals surface area contributed by atoms with Gasteiger partial charge in [-0.25, -0.2) is 4.98 Å². The first kappa shape index (κ1) is 20.6. The summed E-state index contributed by atoms with van der Waals surface area (Å²) in [5.74, 6) is 1.31. The zero-order valence-electron chi connectivity index (χ0n) is 13.2. The van der Waals surface area contributed by atoms with Crippen molar-refractivity contribution in [2.45, 2.75) is 12.5 Å². The lowest BCUT2D eigenvalue weighted by Crippen LogP contribution is -2.30. The molecular weight excluding hydrogens is 377 g/mol. The van der Waals surface area contributed by atoms with Crippen molar-refractivity contribution in [1.82, 2.24) is 25.5 Å². The Morgan fingerprint density at radius 2 is 2.17 bits per heavy atom. The maximum Gasteiger partial charge on any atom is 0.252 e. The minimum atomic E-state index is 0. The number of rotatable bonds is 4. The molecule has 2 aromatic heterocycles. The predicted molar refractivity (Wildman–Crippen MR) is 99.8 cm³/mol. The second kappa shape index (κ2) is 8.57. The van der Waals surface area contributed by atoms with Crippen LogP contribution in [0.15, 0.2) is 6.07 Å². The second-order valence-corrected chi connectivity index (χ2v) is 5.49. The number of methoxy groups -OCH3 is 1. The van der Waals surface area contributed by atoms with Crippen LogP contribution in [0.5, 0.6) is 5.88 Å². The van der Waals surface area contributed by atoms with Crippen LogP contribution in [0, 0.1) is 0 Å². The van der Waals surface area contributed by atoms with Crippen LogP contribution in [0.3, 0.4) is 0 Å². The first-order chi connectivity index (χ1) is 10.6. The normalized spacial score (nSPS) is 16.5. The van der Waals surface area contributed by atoms with Crippen LogP contribution in [-0.4, -0.2) is 53.5 Å². The summed E-state index contributed by atoms with van der Waals surface area (Å²) in [6, 6.07) is 2.31. The highest BCUT2D eigenvalue weighted by molar-refractivity contribution is 6.34. The molecule has 4 N–H and O–H groups in total. The van der Waals surface area contributed by atoms with Gasteiger partial charge in [-0.1, -0.05) is 11.6 Å². The molecular formula is C13H20Cl3N7O. The Labute approximate surface area is 157 Å². The van der Waals surface area contributed by atoms with Gasteiger partial charge in [0.2, 0.25) is 5.95 Å². The smallest absolute Gasteiger partial charge is 0.252 e. The van der Waals surface area contributed by atoms with E-state index in [-0.39, 0.29) is 30.8 Å². The lowest BCUT2D eigenvalue weighted by Gasteiger charge is -2.18. The van der Waals surface area contributed by atoms with Crippen LogP contribution in [0.1, 0.15) is 6.42 Å². The first-order valence-corrected chi connectivity index (χ1v) is 7.35. The molecule has 0 amide bonds. The van der Waals surface area contributed by atoms with Gasteiger partial charge in [0.15, 0.2) is 0 Å². The first-order valence-electron chi connectivity index (χ1n) is 6.97. The van der Waals surface area contributed by atoms with Gasteiger partial charge in [-0.2, -0.15) is 4.98 Å². The highest BCUT2D eigenvalue weighted by Crippen LogP contribution is 2.33. The number of nitrogens with one attached hydrogen (secondary N) is 2. The Morgan fingerprint density at radius 1 is 1.42 bits per heavy atom. The zero-order valence-corrected chi connectivity index (χ0v) is 15.6. The Hall–Kier alpha value is -1.48. The molecule has 134 valence electrons. The molecule has 3 heterocycles. The summed E-state index contributed by atoms with van der Waals surface area (Å²) < 4.78 is 5.07. The molecule has 0 unspecified atom stereocenters. The number of halogens is 3. The predicted octanol–water partition coefficient (Wildman–Crippen LogP) is 1.75. The Bertz CT molecular complexity index is 682. The highest BCUT2D eigenvalue weighted by atomic mass is 35.5. The SMILES string of the molecule is CN[C@@H]1CCN(c2cc(-c3[nH]nc(OC)c3Cl)nc(N)n2)C1.Cl.Cl. The van der Waals surface area contributed by atoms with Gasteiger partial charge < -0.3 is 20.7 Å². The van der Waals surface area contributed by atoms with E-state index in [1.807, 2.05) is 13.1 Å². The average molecular weight is 397 g/mol. The number of aromatic nitrogens is 4. The quantitative estimate of drug-likeness (QED) is 0.723. The molecule has 0 aliphatic carbocycles. The van der Waals surface area contributed by atoms with Crippen molar-refractivity contribution < 1.29 is 4.74 Å². The summed E-state index contributed by atoms with van der Waals surface area (Å²) in [5.41, 5.74) is 7.01. The molecule has 3 rings (SSSR count). The van der Waals surface area contributed by atoms with Gasteiger partial charge in [0.1, 0.15) is 16.5 Å². The van der Waals surface area contributed by atoms with Crippen LogP contribution in [0.2, 0.25) is 5.02 Å². The van der Waals surface area contributed by atoms with E-state index >= 15 is 0 Å². The molecule has 1 aliphatic heterocycles. The molecule has 0 saturated carbocycles. The number of H-pyrrole nitrogens is 1. The molecule has 0 aromatic carbocycles. The summed E-state index contributed by atoms with van der Waals surface area (Å²) in [6.45, 7) is 1.80. The van der Waals surface area contributed by atoms with Crippen molar-refractivity contribution >= 4 is 48.2 Å². The van der Waals surface area contributed by atoms with Gasteiger partial charge in [0.05, 0.1) is 12.8 Å². The number of nitrogens with two attached hydrogens (primary N) is 1. The van der Waals surface area contributed by atoms with E-state index in [9.17, 15) is 0 Å². The molecule has 1 fully saturated rings. The standard InChI is InChI=1S/C13H18ClN7O.2ClH/c1-16-7-3-4-21(6-7)9-5-8(17-13(15)18-9)11-10(14)12(22-2)20-19-11;;/h5,7,16H,3-4,6H2,1-2H3,(H,19,20)(H2,15,17,18);2*1H/t7-;;/m1../s1. The number of hydrogen-bond donors (Lipinski definition) is 3. The number of hydrogen-bond acceptors (Lipinski definition) is 7. The monoisotopic (exact) mass is 395 g/mol. The molecule has 0 radical (unpaired) electrons. The van der Waals surface area contributed by atoms with E-state index < -0.39 is 0 Å². The van der Waals surface area contributed by atoms with E-state index in [0.717, 1.165) is 25.3 Å². The summed E-state index contributed by atoms with van der Waals surface area (Å²) in [4.78, 5) is 10.7. The fraction of sp³-hybridized carbons (Fsp3) is 0.462. The summed E-state index contributed by atoms with van der Waals surface area (Å²) >= 11 is 6.23. The molecule has 1 aliphatic rings. The van der Waals surface area contributed by atoms with Crippen LogP contribution in [0.25, 0.3) is 11.4 Å². The Kier molecular flexibility index (Phi) is 7.34. The molecule has 1 saturated heterocycles.